The van der Waals surface area contributed by atoms with E-state index < -0.39 is 5.97 Å². The number of hydrogen-bond donors (Lipinski definition) is 2. The number of carboxylic acids is 1. The first kappa shape index (κ1) is 23.2. The lowest BCUT2D eigenvalue weighted by Gasteiger charge is -2.14. The standard InChI is InChI=1S/C24H22Br2O5/c1-2-3-4-15-5-7-17(8-6-15)30-22-14-18(9-10-21(22)27)31-24-19(25)11-16(12-20(24)26)13-23(28)29/h5-12,14,27H,2-4,13H2,1H3,(H,28,29). The van der Waals surface area contributed by atoms with E-state index in [1.165, 1.54) is 11.6 Å². The number of aliphatic carboxylic acids is 1. The molecule has 0 saturated carbocycles. The molecular weight excluding hydrogens is 528 g/mol. The Kier molecular flexibility index (Phi) is 7.98. The fourth-order valence-corrected chi connectivity index (χ4v) is 4.42. The van der Waals surface area contributed by atoms with E-state index in [2.05, 4.69) is 38.8 Å². The van der Waals surface area contributed by atoms with Gasteiger partial charge in [-0.2, -0.15) is 0 Å². The Morgan fingerprint density at radius 1 is 0.903 bits per heavy atom. The van der Waals surface area contributed by atoms with Crippen LogP contribution in [0.2, 0.25) is 0 Å². The third-order valence-corrected chi connectivity index (χ3v) is 5.71. The molecule has 3 rings (SSSR count). The van der Waals surface area contributed by atoms with Crippen molar-refractivity contribution in [3.05, 3.63) is 74.7 Å². The number of hydrogen-bond acceptors (Lipinski definition) is 4. The first-order chi connectivity index (χ1) is 14.9. The van der Waals surface area contributed by atoms with Crippen LogP contribution in [-0.4, -0.2) is 16.2 Å². The van der Waals surface area contributed by atoms with Crippen LogP contribution in [-0.2, 0) is 17.6 Å². The highest BCUT2D eigenvalue weighted by atomic mass is 79.9. The van der Waals surface area contributed by atoms with Crippen LogP contribution in [0.4, 0.5) is 0 Å². The van der Waals surface area contributed by atoms with Gasteiger partial charge in [-0.15, -0.1) is 0 Å². The maximum absolute atomic E-state index is 11.0. The maximum Gasteiger partial charge on any atom is 0.307 e. The predicted octanol–water partition coefficient (Wildman–Crippen LogP) is 7.47. The Morgan fingerprint density at radius 3 is 2.16 bits per heavy atom. The minimum Gasteiger partial charge on any atom is -0.504 e. The van der Waals surface area contributed by atoms with Crippen molar-refractivity contribution >= 4 is 37.8 Å². The Morgan fingerprint density at radius 2 is 1.55 bits per heavy atom. The summed E-state index contributed by atoms with van der Waals surface area (Å²) in [6.07, 6.45) is 3.22. The summed E-state index contributed by atoms with van der Waals surface area (Å²) in [5.41, 5.74) is 1.88. The van der Waals surface area contributed by atoms with Crippen molar-refractivity contribution in [1.29, 1.82) is 0 Å². The number of carboxylic acid groups (broad SMARTS) is 1. The minimum absolute atomic E-state index is 0.00246. The summed E-state index contributed by atoms with van der Waals surface area (Å²) < 4.78 is 13.0. The van der Waals surface area contributed by atoms with E-state index in [1.807, 2.05) is 24.3 Å². The lowest BCUT2D eigenvalue weighted by atomic mass is 10.1. The van der Waals surface area contributed by atoms with E-state index in [0.717, 1.165) is 19.3 Å². The van der Waals surface area contributed by atoms with Gasteiger partial charge in [0.1, 0.15) is 11.5 Å². The van der Waals surface area contributed by atoms with Gasteiger partial charge < -0.3 is 19.7 Å². The molecule has 3 aromatic rings. The minimum atomic E-state index is -0.911. The topological polar surface area (TPSA) is 76.0 Å². The molecule has 0 aliphatic rings. The summed E-state index contributed by atoms with van der Waals surface area (Å²) in [5, 5.41) is 19.2. The van der Waals surface area contributed by atoms with Crippen LogP contribution in [0.1, 0.15) is 30.9 Å². The number of phenolic OH excluding ortho intramolecular Hbond substituents is 1. The summed E-state index contributed by atoms with van der Waals surface area (Å²) in [4.78, 5) is 11.0. The fraction of sp³-hybridized carbons (Fsp3) is 0.208. The van der Waals surface area contributed by atoms with Gasteiger partial charge in [-0.05, 0) is 92.2 Å². The number of ether oxygens (including phenoxy) is 2. The molecule has 0 fully saturated rings. The first-order valence-electron chi connectivity index (χ1n) is 9.83. The van der Waals surface area contributed by atoms with Crippen molar-refractivity contribution in [3.63, 3.8) is 0 Å². The summed E-state index contributed by atoms with van der Waals surface area (Å²) in [5.74, 6) is 0.927. The molecule has 0 aromatic heterocycles. The summed E-state index contributed by atoms with van der Waals surface area (Å²) >= 11 is 6.86. The van der Waals surface area contributed by atoms with Gasteiger partial charge in [-0.25, -0.2) is 0 Å². The number of aromatic hydroxyl groups is 1. The quantitative estimate of drug-likeness (QED) is 0.289. The molecule has 0 spiro atoms. The molecule has 5 nitrogen and oxygen atoms in total. The van der Waals surface area contributed by atoms with E-state index in [1.54, 1.807) is 24.3 Å². The highest BCUT2D eigenvalue weighted by Gasteiger charge is 2.14. The zero-order chi connectivity index (χ0) is 22.4. The van der Waals surface area contributed by atoms with E-state index in [0.29, 0.717) is 31.8 Å². The summed E-state index contributed by atoms with van der Waals surface area (Å²) in [7, 11) is 0. The van der Waals surface area contributed by atoms with Gasteiger partial charge in [0.2, 0.25) is 0 Å². The number of carbonyl (C=O) groups is 1. The molecule has 7 heteroatoms. The van der Waals surface area contributed by atoms with Crippen LogP contribution in [0.3, 0.4) is 0 Å². The van der Waals surface area contributed by atoms with Crippen molar-refractivity contribution in [1.82, 2.24) is 0 Å². The molecule has 2 N–H and O–H groups in total. The number of aryl methyl sites for hydroxylation is 1. The SMILES string of the molecule is CCCCc1ccc(Oc2cc(Oc3c(Br)cc(CC(=O)O)cc3Br)ccc2O)cc1. The molecule has 162 valence electrons. The molecule has 0 amide bonds. The highest BCUT2D eigenvalue weighted by molar-refractivity contribution is 9.11. The van der Waals surface area contributed by atoms with Crippen molar-refractivity contribution < 1.29 is 24.5 Å². The molecule has 0 aliphatic heterocycles. The third kappa shape index (κ3) is 6.48. The number of halogens is 2. The van der Waals surface area contributed by atoms with Crippen LogP contribution in [0.25, 0.3) is 0 Å². The van der Waals surface area contributed by atoms with Crippen molar-refractivity contribution in [2.45, 2.75) is 32.6 Å². The molecule has 0 heterocycles. The van der Waals surface area contributed by atoms with E-state index >= 15 is 0 Å². The Balaban J connectivity index is 1.77. The second-order valence-electron chi connectivity index (χ2n) is 7.04. The van der Waals surface area contributed by atoms with Crippen LogP contribution in [0.15, 0.2) is 63.5 Å². The molecular formula is C24H22Br2O5. The molecule has 0 saturated heterocycles. The first-order valence-corrected chi connectivity index (χ1v) is 11.4. The molecule has 0 aliphatic carbocycles. The molecule has 0 bridgehead atoms. The van der Waals surface area contributed by atoms with E-state index in [9.17, 15) is 9.90 Å². The smallest absolute Gasteiger partial charge is 0.307 e. The number of phenols is 1. The molecule has 0 atom stereocenters. The van der Waals surface area contributed by atoms with E-state index in [4.69, 9.17) is 14.6 Å². The van der Waals surface area contributed by atoms with Crippen LogP contribution in [0, 0.1) is 0 Å². The second kappa shape index (κ2) is 10.7. The predicted molar refractivity (Wildman–Crippen MR) is 126 cm³/mol. The average Bonchev–Trinajstić information content (AvgIpc) is 2.72. The largest absolute Gasteiger partial charge is 0.504 e. The lowest BCUT2D eigenvalue weighted by Crippen LogP contribution is -2.00. The lowest BCUT2D eigenvalue weighted by molar-refractivity contribution is -0.136. The van der Waals surface area contributed by atoms with Gasteiger partial charge in [0.15, 0.2) is 17.2 Å². The van der Waals surface area contributed by atoms with Gasteiger partial charge >= 0.3 is 5.97 Å². The zero-order valence-electron chi connectivity index (χ0n) is 16.9. The monoisotopic (exact) mass is 548 g/mol. The van der Waals surface area contributed by atoms with Crippen LogP contribution >= 0.6 is 31.9 Å². The highest BCUT2D eigenvalue weighted by Crippen LogP contribution is 2.41. The van der Waals surface area contributed by atoms with Crippen molar-refractivity contribution in [2.75, 3.05) is 0 Å². The normalized spacial score (nSPS) is 10.7. The van der Waals surface area contributed by atoms with Gasteiger partial charge in [0, 0.05) is 6.07 Å². The molecule has 0 unspecified atom stereocenters. The Labute approximate surface area is 197 Å². The fourth-order valence-electron chi connectivity index (χ4n) is 2.98. The Bertz CT molecular complexity index is 1040. The third-order valence-electron chi connectivity index (χ3n) is 4.53. The summed E-state index contributed by atoms with van der Waals surface area (Å²) in [6.45, 7) is 2.16. The van der Waals surface area contributed by atoms with Crippen LogP contribution < -0.4 is 9.47 Å². The zero-order valence-corrected chi connectivity index (χ0v) is 20.1. The molecule has 3 aromatic carbocycles. The Hall–Kier alpha value is -2.51. The van der Waals surface area contributed by atoms with Crippen LogP contribution in [0.5, 0.6) is 28.7 Å². The number of unbranched alkanes of at least 4 members (excludes halogenated alkanes) is 1. The van der Waals surface area contributed by atoms with Crippen molar-refractivity contribution in [3.8, 4) is 28.7 Å². The molecule has 0 radical (unpaired) electrons. The van der Waals surface area contributed by atoms with Gasteiger partial charge in [-0.3, -0.25) is 4.79 Å². The average molecular weight is 550 g/mol. The summed E-state index contributed by atoms with van der Waals surface area (Å²) in [6, 6.07) is 15.9. The molecule has 31 heavy (non-hydrogen) atoms. The van der Waals surface area contributed by atoms with Gasteiger partial charge in [0.25, 0.3) is 0 Å². The van der Waals surface area contributed by atoms with E-state index in [-0.39, 0.29) is 17.9 Å². The number of benzene rings is 3. The maximum atomic E-state index is 11.0. The van der Waals surface area contributed by atoms with Gasteiger partial charge in [-0.1, -0.05) is 25.5 Å². The van der Waals surface area contributed by atoms with Gasteiger partial charge in [0.05, 0.1) is 15.4 Å². The van der Waals surface area contributed by atoms with Crippen molar-refractivity contribution in [2.24, 2.45) is 0 Å². The number of rotatable bonds is 9. The second-order valence-corrected chi connectivity index (χ2v) is 8.75.